The molecule has 0 spiro atoms. The second-order valence-corrected chi connectivity index (χ2v) is 8.88. The van der Waals surface area contributed by atoms with Crippen LogP contribution in [0.2, 0.25) is 5.02 Å². The molecule has 2 bridgehead atoms. The van der Waals surface area contributed by atoms with E-state index >= 15 is 0 Å². The average molecular weight is 444 g/mol. The van der Waals surface area contributed by atoms with Gasteiger partial charge in [-0.1, -0.05) is 48.0 Å². The van der Waals surface area contributed by atoms with E-state index in [2.05, 4.69) is 34.0 Å². The van der Waals surface area contributed by atoms with E-state index in [0.717, 1.165) is 35.0 Å². The van der Waals surface area contributed by atoms with Gasteiger partial charge in [-0.15, -0.1) is 12.4 Å². The minimum atomic E-state index is -0.0171. The molecular weight excluding hydrogens is 417 g/mol. The summed E-state index contributed by atoms with van der Waals surface area (Å²) < 4.78 is 2.09. The molecule has 2 aromatic carbocycles. The van der Waals surface area contributed by atoms with Crippen molar-refractivity contribution in [3.63, 3.8) is 0 Å². The number of nitrogens with zero attached hydrogens (tertiary/aromatic N) is 2. The van der Waals surface area contributed by atoms with E-state index in [9.17, 15) is 4.79 Å². The first-order valence-electron chi connectivity index (χ1n) is 10.4. The number of aromatic nitrogens is 1. The molecule has 0 aliphatic carbocycles. The summed E-state index contributed by atoms with van der Waals surface area (Å²) in [5.41, 5.74) is 3.61. The lowest BCUT2D eigenvalue weighted by Crippen LogP contribution is -2.48. The molecule has 2 aliphatic heterocycles. The molecule has 3 heterocycles. The lowest BCUT2D eigenvalue weighted by Gasteiger charge is -2.36. The zero-order valence-electron chi connectivity index (χ0n) is 17.3. The van der Waals surface area contributed by atoms with Gasteiger partial charge in [0.2, 0.25) is 0 Å². The molecule has 30 heavy (non-hydrogen) atoms. The van der Waals surface area contributed by atoms with Crippen LogP contribution in [-0.4, -0.2) is 40.5 Å². The summed E-state index contributed by atoms with van der Waals surface area (Å²) >= 11 is 6.60. The van der Waals surface area contributed by atoms with Crippen LogP contribution >= 0.6 is 24.0 Å². The maximum atomic E-state index is 13.6. The standard InChI is InChI=1S/C24H26ClN3O.ClH/c1-27-17-11-12-18(27)14-16(13-17)26-24(29)22-21-19(25)9-6-10-20(21)28(2)23(22)15-7-4-3-5-8-15;/h3-10,16-18H,11-14H2,1-2H3,(H,26,29);1H. The summed E-state index contributed by atoms with van der Waals surface area (Å²) in [6.07, 6.45) is 4.53. The Morgan fingerprint density at radius 3 is 2.33 bits per heavy atom. The van der Waals surface area contributed by atoms with Gasteiger partial charge in [0.15, 0.2) is 0 Å². The number of fused-ring (bicyclic) bond motifs is 3. The molecule has 0 radical (unpaired) electrons. The lowest BCUT2D eigenvalue weighted by atomic mass is 9.97. The molecule has 4 nitrogen and oxygen atoms in total. The fourth-order valence-electron chi connectivity index (χ4n) is 5.39. The Kier molecular flexibility index (Phi) is 5.84. The minimum Gasteiger partial charge on any atom is -0.349 e. The van der Waals surface area contributed by atoms with Crippen molar-refractivity contribution in [2.75, 3.05) is 7.05 Å². The molecule has 5 rings (SSSR count). The van der Waals surface area contributed by atoms with Gasteiger partial charge in [0.25, 0.3) is 5.91 Å². The summed E-state index contributed by atoms with van der Waals surface area (Å²) in [4.78, 5) is 16.1. The van der Waals surface area contributed by atoms with Crippen molar-refractivity contribution >= 4 is 40.8 Å². The maximum Gasteiger partial charge on any atom is 0.254 e. The van der Waals surface area contributed by atoms with Gasteiger partial charge in [0.1, 0.15) is 0 Å². The molecule has 158 valence electrons. The molecule has 1 aromatic heterocycles. The fraction of sp³-hybridized carbons (Fsp3) is 0.375. The van der Waals surface area contributed by atoms with E-state index in [1.54, 1.807) is 0 Å². The van der Waals surface area contributed by atoms with Crippen molar-refractivity contribution in [3.05, 3.63) is 59.1 Å². The number of hydrogen-bond acceptors (Lipinski definition) is 2. The van der Waals surface area contributed by atoms with Gasteiger partial charge in [-0.3, -0.25) is 4.79 Å². The molecule has 1 amide bonds. The zero-order valence-corrected chi connectivity index (χ0v) is 18.8. The van der Waals surface area contributed by atoms with Gasteiger partial charge in [-0.25, -0.2) is 0 Å². The molecule has 0 saturated carbocycles. The smallest absolute Gasteiger partial charge is 0.254 e. The van der Waals surface area contributed by atoms with Crippen molar-refractivity contribution in [2.24, 2.45) is 7.05 Å². The predicted molar refractivity (Wildman–Crippen MR) is 126 cm³/mol. The predicted octanol–water partition coefficient (Wildman–Crippen LogP) is 5.28. The quantitative estimate of drug-likeness (QED) is 0.597. The molecule has 2 aliphatic rings. The van der Waals surface area contributed by atoms with E-state index in [1.165, 1.54) is 12.8 Å². The fourth-order valence-corrected chi connectivity index (χ4v) is 5.65. The monoisotopic (exact) mass is 443 g/mol. The van der Waals surface area contributed by atoms with Crippen LogP contribution in [0.3, 0.4) is 0 Å². The summed E-state index contributed by atoms with van der Waals surface area (Å²) in [7, 11) is 4.23. The van der Waals surface area contributed by atoms with E-state index in [1.807, 2.05) is 43.4 Å². The third kappa shape index (κ3) is 3.41. The van der Waals surface area contributed by atoms with Gasteiger partial charge in [-0.2, -0.15) is 0 Å². The van der Waals surface area contributed by atoms with E-state index in [4.69, 9.17) is 11.6 Å². The van der Waals surface area contributed by atoms with Crippen LogP contribution in [-0.2, 0) is 7.05 Å². The second-order valence-electron chi connectivity index (χ2n) is 8.47. The van der Waals surface area contributed by atoms with Gasteiger partial charge < -0.3 is 14.8 Å². The molecule has 2 unspecified atom stereocenters. The highest BCUT2D eigenvalue weighted by atomic mass is 35.5. The Morgan fingerprint density at radius 2 is 1.67 bits per heavy atom. The molecule has 6 heteroatoms. The SMILES string of the molecule is CN1C2CCC1CC(NC(=O)c1c(-c3ccccc3)n(C)c3cccc(Cl)c13)C2.Cl. The lowest BCUT2D eigenvalue weighted by molar-refractivity contribution is 0.0884. The van der Waals surface area contributed by atoms with Crippen LogP contribution in [0.15, 0.2) is 48.5 Å². The zero-order chi connectivity index (χ0) is 20.1. The van der Waals surface area contributed by atoms with Crippen molar-refractivity contribution in [2.45, 2.75) is 43.8 Å². The number of amides is 1. The highest BCUT2D eigenvalue weighted by Gasteiger charge is 2.39. The molecule has 1 N–H and O–H groups in total. The van der Waals surface area contributed by atoms with Crippen LogP contribution in [0, 0.1) is 0 Å². The number of nitrogens with one attached hydrogen (secondary N) is 1. The third-order valence-corrected chi connectivity index (χ3v) is 7.20. The van der Waals surface area contributed by atoms with Crippen LogP contribution < -0.4 is 5.32 Å². The normalized spacial score (nSPS) is 23.4. The number of carbonyl (C=O) groups excluding carboxylic acids is 1. The summed E-state index contributed by atoms with van der Waals surface area (Å²) in [6.45, 7) is 0. The average Bonchev–Trinajstić information content (AvgIpc) is 3.11. The summed E-state index contributed by atoms with van der Waals surface area (Å²) in [6, 6.07) is 17.3. The maximum absolute atomic E-state index is 13.6. The van der Waals surface area contributed by atoms with E-state index < -0.39 is 0 Å². The molecule has 2 atom stereocenters. The highest BCUT2D eigenvalue weighted by Crippen LogP contribution is 2.38. The number of halogens is 2. The van der Waals surface area contributed by atoms with Gasteiger partial charge in [-0.05, 0) is 50.4 Å². The Hall–Kier alpha value is -2.01. The van der Waals surface area contributed by atoms with E-state index in [0.29, 0.717) is 22.7 Å². The molecule has 2 saturated heterocycles. The van der Waals surface area contributed by atoms with Crippen molar-refractivity contribution < 1.29 is 4.79 Å². The third-order valence-electron chi connectivity index (χ3n) is 6.88. The first-order chi connectivity index (χ1) is 14.0. The van der Waals surface area contributed by atoms with Crippen molar-refractivity contribution in [1.29, 1.82) is 0 Å². The van der Waals surface area contributed by atoms with Crippen LogP contribution in [0.25, 0.3) is 22.2 Å². The Labute approximate surface area is 188 Å². The van der Waals surface area contributed by atoms with E-state index in [-0.39, 0.29) is 24.4 Å². The number of piperidine rings is 1. The minimum absolute atomic E-state index is 0. The first kappa shape index (κ1) is 21.2. The number of aryl methyl sites for hydroxylation is 1. The highest BCUT2D eigenvalue weighted by molar-refractivity contribution is 6.37. The largest absolute Gasteiger partial charge is 0.349 e. The number of hydrogen-bond donors (Lipinski definition) is 1. The number of benzene rings is 2. The summed E-state index contributed by atoms with van der Waals surface area (Å²) in [5, 5.41) is 4.82. The van der Waals surface area contributed by atoms with Crippen LogP contribution in [0.1, 0.15) is 36.0 Å². The van der Waals surface area contributed by atoms with Crippen LogP contribution in [0.5, 0.6) is 0 Å². The van der Waals surface area contributed by atoms with Crippen molar-refractivity contribution in [1.82, 2.24) is 14.8 Å². The van der Waals surface area contributed by atoms with Gasteiger partial charge in [0.05, 0.1) is 21.8 Å². The summed E-state index contributed by atoms with van der Waals surface area (Å²) in [5.74, 6) is -0.0171. The van der Waals surface area contributed by atoms with Crippen molar-refractivity contribution in [3.8, 4) is 11.3 Å². The topological polar surface area (TPSA) is 37.3 Å². The van der Waals surface area contributed by atoms with Gasteiger partial charge >= 0.3 is 0 Å². The van der Waals surface area contributed by atoms with Crippen LogP contribution in [0.4, 0.5) is 0 Å². The molecular formula is C24H27Cl2N3O. The Balaban J connectivity index is 0.00000218. The second kappa shape index (κ2) is 8.26. The molecule has 2 fully saturated rings. The first-order valence-corrected chi connectivity index (χ1v) is 10.8. The molecule has 3 aromatic rings. The number of rotatable bonds is 3. The Morgan fingerprint density at radius 1 is 1.00 bits per heavy atom. The van der Waals surface area contributed by atoms with Gasteiger partial charge in [0, 0.05) is 30.6 Å². The Bertz CT molecular complexity index is 1060. The number of carbonyl (C=O) groups is 1.